The maximum Gasteiger partial charge on any atom is 0.0468 e. The summed E-state index contributed by atoms with van der Waals surface area (Å²) in [6.07, 6.45) is 0. The van der Waals surface area contributed by atoms with Crippen LogP contribution in [0.25, 0.3) is 74.7 Å². The maximum absolute atomic E-state index is 2.39. The van der Waals surface area contributed by atoms with E-state index >= 15 is 0 Å². The summed E-state index contributed by atoms with van der Waals surface area (Å²) in [5.74, 6) is 0. The first-order chi connectivity index (χ1) is 24.7. The van der Waals surface area contributed by atoms with Crippen LogP contribution in [0.3, 0.4) is 0 Å². The number of thiophene rings is 1. The summed E-state index contributed by atoms with van der Waals surface area (Å²) in [6.45, 7) is 0. The fourth-order valence-corrected chi connectivity index (χ4v) is 8.58. The van der Waals surface area contributed by atoms with Crippen molar-refractivity contribution in [1.29, 1.82) is 0 Å². The first-order valence-corrected chi connectivity index (χ1v) is 17.9. The van der Waals surface area contributed by atoms with Gasteiger partial charge in [-0.3, -0.25) is 0 Å². The van der Waals surface area contributed by atoms with Crippen molar-refractivity contribution in [2.75, 3.05) is 4.90 Å². The number of nitrogens with zero attached hydrogens (tertiary/aromatic N) is 1. The molecule has 0 amide bonds. The second kappa shape index (κ2) is 11.7. The normalized spacial score (nSPS) is 11.6. The molecule has 0 unspecified atom stereocenters. The van der Waals surface area contributed by atoms with Gasteiger partial charge in [-0.25, -0.2) is 0 Å². The Bertz CT molecular complexity index is 2880. The van der Waals surface area contributed by atoms with Crippen LogP contribution >= 0.6 is 11.3 Å². The Kier molecular flexibility index (Phi) is 6.75. The molecule has 10 rings (SSSR count). The lowest BCUT2D eigenvalue weighted by atomic mass is 9.99. The van der Waals surface area contributed by atoms with E-state index in [2.05, 4.69) is 193 Å². The fourth-order valence-electron chi connectivity index (χ4n) is 7.49. The quantitative estimate of drug-likeness (QED) is 0.167. The van der Waals surface area contributed by atoms with Crippen LogP contribution in [0, 0.1) is 0 Å². The Morgan fingerprint density at radius 3 is 1.78 bits per heavy atom. The minimum Gasteiger partial charge on any atom is -0.310 e. The highest BCUT2D eigenvalue weighted by Crippen LogP contribution is 2.41. The van der Waals surface area contributed by atoms with Crippen LogP contribution in [-0.4, -0.2) is 0 Å². The molecule has 0 aliphatic heterocycles. The van der Waals surface area contributed by atoms with E-state index in [9.17, 15) is 0 Å². The lowest BCUT2D eigenvalue weighted by molar-refractivity contribution is 1.29. The standard InChI is InChI=1S/C48H31NS/c1-2-10-35-28-37(18-16-32(35)8-1)36-11-7-12-41(29-36)49(42-25-26-44-39(30-42)19-17-34-9-3-4-13-43(34)44)40-23-20-33(21-24-40)38-22-27-48-46(31-38)45-14-5-6-15-47(45)50-48/h1-31H. The Morgan fingerprint density at radius 1 is 0.280 bits per heavy atom. The number of hydrogen-bond acceptors (Lipinski definition) is 2. The minimum atomic E-state index is 1.12. The number of fused-ring (bicyclic) bond motifs is 7. The van der Waals surface area contributed by atoms with Gasteiger partial charge in [0.05, 0.1) is 0 Å². The first kappa shape index (κ1) is 28.8. The predicted octanol–water partition coefficient (Wildman–Crippen LogP) is 14.3. The minimum absolute atomic E-state index is 1.12. The van der Waals surface area contributed by atoms with Crippen molar-refractivity contribution in [2.45, 2.75) is 0 Å². The van der Waals surface area contributed by atoms with Crippen molar-refractivity contribution < 1.29 is 0 Å². The topological polar surface area (TPSA) is 3.24 Å². The average molecular weight is 654 g/mol. The van der Waals surface area contributed by atoms with Gasteiger partial charge >= 0.3 is 0 Å². The van der Waals surface area contributed by atoms with Crippen molar-refractivity contribution >= 4 is 80.9 Å². The lowest BCUT2D eigenvalue weighted by Crippen LogP contribution is -2.10. The van der Waals surface area contributed by atoms with Gasteiger partial charge in [0.15, 0.2) is 0 Å². The zero-order chi connectivity index (χ0) is 33.0. The van der Waals surface area contributed by atoms with Gasteiger partial charge in [-0.2, -0.15) is 0 Å². The third kappa shape index (κ3) is 4.92. The molecule has 50 heavy (non-hydrogen) atoms. The predicted molar refractivity (Wildman–Crippen MR) is 217 cm³/mol. The van der Waals surface area contributed by atoms with Crippen LogP contribution in [0.2, 0.25) is 0 Å². The van der Waals surface area contributed by atoms with Crippen molar-refractivity contribution in [3.8, 4) is 22.3 Å². The van der Waals surface area contributed by atoms with Gasteiger partial charge in [0.1, 0.15) is 0 Å². The smallest absolute Gasteiger partial charge is 0.0468 e. The van der Waals surface area contributed by atoms with E-state index in [1.54, 1.807) is 0 Å². The molecule has 0 aliphatic rings. The van der Waals surface area contributed by atoms with Crippen molar-refractivity contribution in [3.05, 3.63) is 188 Å². The Labute approximate surface area is 294 Å². The largest absolute Gasteiger partial charge is 0.310 e. The molecule has 0 radical (unpaired) electrons. The summed E-state index contributed by atoms with van der Waals surface area (Å²) >= 11 is 1.86. The summed E-state index contributed by atoms with van der Waals surface area (Å²) in [4.78, 5) is 2.39. The second-order valence-electron chi connectivity index (χ2n) is 13.0. The van der Waals surface area contributed by atoms with Gasteiger partial charge in [0, 0.05) is 37.2 Å². The van der Waals surface area contributed by atoms with Crippen molar-refractivity contribution in [2.24, 2.45) is 0 Å². The summed E-state index contributed by atoms with van der Waals surface area (Å²) in [5, 5.41) is 10.2. The molecule has 2 heteroatoms. The number of benzene rings is 9. The third-order valence-corrected chi connectivity index (χ3v) is 11.2. The van der Waals surface area contributed by atoms with E-state index in [0.29, 0.717) is 0 Å². The van der Waals surface area contributed by atoms with Crippen LogP contribution in [-0.2, 0) is 0 Å². The van der Waals surface area contributed by atoms with E-state index in [4.69, 9.17) is 0 Å². The molecule has 234 valence electrons. The highest BCUT2D eigenvalue weighted by Gasteiger charge is 2.16. The number of hydrogen-bond donors (Lipinski definition) is 0. The third-order valence-electron chi connectivity index (χ3n) is 10.0. The molecule has 1 nitrogen and oxygen atoms in total. The van der Waals surface area contributed by atoms with Gasteiger partial charge in [-0.15, -0.1) is 11.3 Å². The lowest BCUT2D eigenvalue weighted by Gasteiger charge is -2.27. The molecule has 10 aromatic rings. The van der Waals surface area contributed by atoms with Crippen molar-refractivity contribution in [1.82, 2.24) is 0 Å². The molecule has 1 heterocycles. The van der Waals surface area contributed by atoms with Gasteiger partial charge in [0.25, 0.3) is 0 Å². The highest BCUT2D eigenvalue weighted by molar-refractivity contribution is 7.25. The molecular formula is C48H31NS. The Hall–Kier alpha value is -6.22. The molecule has 0 N–H and O–H groups in total. The monoisotopic (exact) mass is 653 g/mol. The van der Waals surface area contributed by atoms with Gasteiger partial charge < -0.3 is 4.90 Å². The van der Waals surface area contributed by atoms with E-state index in [1.165, 1.54) is 74.7 Å². The number of anilines is 3. The molecule has 0 spiro atoms. The zero-order valence-electron chi connectivity index (χ0n) is 27.3. The Morgan fingerprint density at radius 2 is 0.880 bits per heavy atom. The summed E-state index contributed by atoms with van der Waals surface area (Å²) < 4.78 is 2.66. The molecular weight excluding hydrogens is 623 g/mol. The number of rotatable bonds is 5. The SMILES string of the molecule is c1cc(-c2ccc3ccccc3c2)cc(N(c2ccc(-c3ccc4sc5ccccc5c4c3)cc2)c2ccc3c(ccc4ccccc43)c2)c1. The molecule has 9 aromatic carbocycles. The zero-order valence-corrected chi connectivity index (χ0v) is 28.1. The van der Waals surface area contributed by atoms with E-state index in [1.807, 2.05) is 11.3 Å². The Balaban J connectivity index is 1.10. The average Bonchev–Trinajstić information content (AvgIpc) is 3.56. The van der Waals surface area contributed by atoms with Crippen LogP contribution in [0.4, 0.5) is 17.1 Å². The summed E-state index contributed by atoms with van der Waals surface area (Å²) in [6, 6.07) is 68.9. The van der Waals surface area contributed by atoms with Gasteiger partial charge in [-0.1, -0.05) is 127 Å². The van der Waals surface area contributed by atoms with Gasteiger partial charge in [-0.05, 0) is 115 Å². The van der Waals surface area contributed by atoms with Crippen LogP contribution in [0.1, 0.15) is 0 Å². The molecule has 0 fully saturated rings. The maximum atomic E-state index is 2.39. The fraction of sp³-hybridized carbons (Fsp3) is 0. The molecule has 1 aromatic heterocycles. The van der Waals surface area contributed by atoms with E-state index < -0.39 is 0 Å². The van der Waals surface area contributed by atoms with Crippen LogP contribution < -0.4 is 4.90 Å². The molecule has 0 saturated carbocycles. The first-order valence-electron chi connectivity index (χ1n) is 17.1. The van der Waals surface area contributed by atoms with Crippen molar-refractivity contribution in [3.63, 3.8) is 0 Å². The summed E-state index contributed by atoms with van der Waals surface area (Å²) in [5.41, 5.74) is 8.21. The van der Waals surface area contributed by atoms with Crippen LogP contribution in [0.15, 0.2) is 188 Å². The second-order valence-corrected chi connectivity index (χ2v) is 14.1. The van der Waals surface area contributed by atoms with Gasteiger partial charge in [0.2, 0.25) is 0 Å². The highest BCUT2D eigenvalue weighted by atomic mass is 32.1. The molecule has 0 atom stereocenters. The molecule has 0 aliphatic carbocycles. The van der Waals surface area contributed by atoms with Crippen LogP contribution in [0.5, 0.6) is 0 Å². The summed E-state index contributed by atoms with van der Waals surface area (Å²) in [7, 11) is 0. The van der Waals surface area contributed by atoms with E-state index in [-0.39, 0.29) is 0 Å². The molecule has 0 bridgehead atoms. The molecule has 0 saturated heterocycles. The van der Waals surface area contributed by atoms with E-state index in [0.717, 1.165) is 17.1 Å².